The first kappa shape index (κ1) is 21.6. The van der Waals surface area contributed by atoms with Crippen molar-refractivity contribution in [3.63, 3.8) is 0 Å². The molecule has 0 fully saturated rings. The van der Waals surface area contributed by atoms with Gasteiger partial charge in [-0.25, -0.2) is 4.39 Å². The number of anilines is 1. The highest BCUT2D eigenvalue weighted by Gasteiger charge is 2.18. The summed E-state index contributed by atoms with van der Waals surface area (Å²) in [5.74, 6) is -1.35. The molecule has 0 aliphatic rings. The number of likely N-dealkylation sites (N-methyl/N-ethyl adjacent to an activating group) is 1. The molecule has 1 atom stereocenters. The number of benzene rings is 2. The zero-order chi connectivity index (χ0) is 18.6. The van der Waals surface area contributed by atoms with E-state index in [9.17, 15) is 14.0 Å². The fourth-order valence-corrected chi connectivity index (χ4v) is 2.29. The lowest BCUT2D eigenvalue weighted by Gasteiger charge is -2.24. The Morgan fingerprint density at radius 3 is 2.50 bits per heavy atom. The molecule has 140 valence electrons. The number of halogens is 2. The van der Waals surface area contributed by atoms with Gasteiger partial charge in [0.15, 0.2) is 0 Å². The van der Waals surface area contributed by atoms with E-state index in [1.165, 1.54) is 18.2 Å². The minimum atomic E-state index is -0.596. The van der Waals surface area contributed by atoms with Crippen LogP contribution in [0.1, 0.15) is 33.2 Å². The van der Waals surface area contributed by atoms with E-state index in [0.29, 0.717) is 17.8 Å². The van der Waals surface area contributed by atoms with Gasteiger partial charge in [-0.15, -0.1) is 12.4 Å². The van der Waals surface area contributed by atoms with Crippen LogP contribution in [-0.2, 0) is 0 Å². The second-order valence-electron chi connectivity index (χ2n) is 5.96. The van der Waals surface area contributed by atoms with Gasteiger partial charge in [-0.2, -0.15) is 0 Å². The number of rotatable bonds is 5. The van der Waals surface area contributed by atoms with E-state index < -0.39 is 11.7 Å². The molecule has 1 unspecified atom stereocenters. The van der Waals surface area contributed by atoms with Crippen LogP contribution in [0.3, 0.4) is 0 Å². The van der Waals surface area contributed by atoms with E-state index in [-0.39, 0.29) is 29.9 Å². The highest BCUT2D eigenvalue weighted by Crippen LogP contribution is 2.20. The Kier molecular flexibility index (Phi) is 7.74. The van der Waals surface area contributed by atoms with Gasteiger partial charge in [0.05, 0.1) is 5.56 Å². The number of carbonyl (C=O) groups is 2. The van der Waals surface area contributed by atoms with Crippen LogP contribution >= 0.6 is 12.4 Å². The third-order valence-electron chi connectivity index (χ3n) is 4.17. The quantitative estimate of drug-likeness (QED) is 0.837. The molecule has 2 aromatic rings. The maximum absolute atomic E-state index is 13.8. The van der Waals surface area contributed by atoms with Crippen LogP contribution < -0.4 is 11.1 Å². The van der Waals surface area contributed by atoms with Crippen molar-refractivity contribution >= 4 is 29.9 Å². The highest BCUT2D eigenvalue weighted by atomic mass is 35.5. The van der Waals surface area contributed by atoms with Crippen LogP contribution in [0.25, 0.3) is 0 Å². The Hall–Kier alpha value is -2.44. The number of aryl methyl sites for hydroxylation is 1. The lowest BCUT2D eigenvalue weighted by atomic mass is 10.1. The summed E-state index contributed by atoms with van der Waals surface area (Å²) in [4.78, 5) is 26.4. The number of hydrogen-bond donors (Lipinski definition) is 2. The Morgan fingerprint density at radius 1 is 1.23 bits per heavy atom. The van der Waals surface area contributed by atoms with Gasteiger partial charge in [0.1, 0.15) is 5.82 Å². The van der Waals surface area contributed by atoms with E-state index in [1.54, 1.807) is 43.1 Å². The fraction of sp³-hybridized carbons (Fsp3) is 0.263. The molecule has 7 heteroatoms. The summed E-state index contributed by atoms with van der Waals surface area (Å²) in [6, 6.07) is 10.7. The predicted octanol–water partition coefficient (Wildman–Crippen LogP) is 3.23. The zero-order valence-corrected chi connectivity index (χ0v) is 15.8. The average Bonchev–Trinajstić information content (AvgIpc) is 2.61. The van der Waals surface area contributed by atoms with Crippen molar-refractivity contribution < 1.29 is 14.0 Å². The van der Waals surface area contributed by atoms with Gasteiger partial charge in [0.25, 0.3) is 11.8 Å². The third-order valence-corrected chi connectivity index (χ3v) is 4.17. The highest BCUT2D eigenvalue weighted by molar-refractivity contribution is 6.05. The Morgan fingerprint density at radius 2 is 1.88 bits per heavy atom. The number of hydrogen-bond acceptors (Lipinski definition) is 3. The first-order valence-electron chi connectivity index (χ1n) is 7.99. The number of carbonyl (C=O) groups excluding carboxylic acids is 2. The summed E-state index contributed by atoms with van der Waals surface area (Å²) in [5.41, 5.74) is 7.22. The van der Waals surface area contributed by atoms with Crippen LogP contribution in [0, 0.1) is 12.7 Å². The van der Waals surface area contributed by atoms with Crippen molar-refractivity contribution in [2.45, 2.75) is 19.9 Å². The SMILES string of the molecule is Cc1ccc(C(=O)N(C)C(C)CN)cc1NC(=O)c1ccccc1F.Cl. The van der Waals surface area contributed by atoms with E-state index in [0.717, 1.165) is 5.56 Å². The van der Waals surface area contributed by atoms with Crippen LogP contribution in [-0.4, -0.2) is 36.3 Å². The van der Waals surface area contributed by atoms with Crippen LogP contribution in [0.5, 0.6) is 0 Å². The average molecular weight is 380 g/mol. The number of nitrogens with one attached hydrogen (secondary N) is 1. The molecule has 0 bridgehead atoms. The van der Waals surface area contributed by atoms with Gasteiger partial charge in [-0.3, -0.25) is 9.59 Å². The molecule has 0 saturated carbocycles. The molecule has 2 rings (SSSR count). The largest absolute Gasteiger partial charge is 0.338 e. The van der Waals surface area contributed by atoms with Crippen LogP contribution in [0.2, 0.25) is 0 Å². The number of amides is 2. The van der Waals surface area contributed by atoms with Gasteiger partial charge in [-0.05, 0) is 43.7 Å². The molecule has 2 amide bonds. The molecule has 26 heavy (non-hydrogen) atoms. The first-order valence-corrected chi connectivity index (χ1v) is 7.99. The first-order chi connectivity index (χ1) is 11.8. The Bertz CT molecular complexity index is 798. The summed E-state index contributed by atoms with van der Waals surface area (Å²) < 4.78 is 13.8. The van der Waals surface area contributed by atoms with E-state index >= 15 is 0 Å². The molecule has 0 aromatic heterocycles. The van der Waals surface area contributed by atoms with Crippen molar-refractivity contribution in [3.8, 4) is 0 Å². The van der Waals surface area contributed by atoms with Crippen molar-refractivity contribution in [3.05, 3.63) is 65.0 Å². The fourth-order valence-electron chi connectivity index (χ4n) is 2.29. The number of nitrogens with zero attached hydrogens (tertiary/aromatic N) is 1. The predicted molar refractivity (Wildman–Crippen MR) is 103 cm³/mol. The maximum atomic E-state index is 13.8. The van der Waals surface area contributed by atoms with E-state index in [1.807, 2.05) is 6.92 Å². The smallest absolute Gasteiger partial charge is 0.258 e. The second kappa shape index (κ2) is 9.31. The van der Waals surface area contributed by atoms with Gasteiger partial charge in [-0.1, -0.05) is 18.2 Å². The lowest BCUT2D eigenvalue weighted by Crippen LogP contribution is -2.39. The van der Waals surface area contributed by atoms with Crippen molar-refractivity contribution in [2.24, 2.45) is 5.73 Å². The maximum Gasteiger partial charge on any atom is 0.258 e. The van der Waals surface area contributed by atoms with Crippen molar-refractivity contribution in [2.75, 3.05) is 18.9 Å². The second-order valence-corrected chi connectivity index (χ2v) is 5.96. The van der Waals surface area contributed by atoms with Gasteiger partial charge < -0.3 is 16.0 Å². The monoisotopic (exact) mass is 379 g/mol. The summed E-state index contributed by atoms with van der Waals surface area (Å²) in [6.07, 6.45) is 0. The van der Waals surface area contributed by atoms with Crippen molar-refractivity contribution in [1.82, 2.24) is 4.90 Å². The van der Waals surface area contributed by atoms with Gasteiger partial charge in [0.2, 0.25) is 0 Å². The van der Waals surface area contributed by atoms with E-state index in [4.69, 9.17) is 5.73 Å². The molecular weight excluding hydrogens is 357 g/mol. The molecule has 0 heterocycles. The molecule has 0 aliphatic heterocycles. The standard InChI is InChI=1S/C19H22FN3O2.ClH/c1-12-8-9-14(19(25)23(3)13(2)11-21)10-17(12)22-18(24)15-6-4-5-7-16(15)20;/h4-10,13H,11,21H2,1-3H3,(H,22,24);1H. The number of nitrogens with two attached hydrogens (primary N) is 1. The van der Waals surface area contributed by atoms with Crippen LogP contribution in [0.15, 0.2) is 42.5 Å². The Labute approximate surface area is 158 Å². The van der Waals surface area contributed by atoms with Crippen LogP contribution in [0.4, 0.5) is 10.1 Å². The van der Waals surface area contributed by atoms with Crippen molar-refractivity contribution in [1.29, 1.82) is 0 Å². The minimum Gasteiger partial charge on any atom is -0.338 e. The summed E-state index contributed by atoms with van der Waals surface area (Å²) in [6.45, 7) is 4.01. The zero-order valence-electron chi connectivity index (χ0n) is 15.0. The summed E-state index contributed by atoms with van der Waals surface area (Å²) >= 11 is 0. The minimum absolute atomic E-state index is 0. The summed E-state index contributed by atoms with van der Waals surface area (Å²) in [5, 5.41) is 2.67. The van der Waals surface area contributed by atoms with Gasteiger partial charge >= 0.3 is 0 Å². The molecular formula is C19H23ClFN3O2. The molecule has 3 N–H and O–H groups in total. The third kappa shape index (κ3) is 4.80. The normalized spacial score (nSPS) is 11.3. The van der Waals surface area contributed by atoms with Gasteiger partial charge in [0, 0.05) is 30.9 Å². The molecule has 0 radical (unpaired) electrons. The lowest BCUT2D eigenvalue weighted by molar-refractivity contribution is 0.0748. The van der Waals surface area contributed by atoms with E-state index in [2.05, 4.69) is 5.32 Å². The molecule has 0 aliphatic carbocycles. The topological polar surface area (TPSA) is 75.4 Å². The Balaban J connectivity index is 0.00000338. The molecule has 5 nitrogen and oxygen atoms in total. The summed E-state index contributed by atoms with van der Waals surface area (Å²) in [7, 11) is 1.68. The molecule has 2 aromatic carbocycles. The molecule has 0 saturated heterocycles. The molecule has 0 spiro atoms.